The number of hydrogen-bond acceptors (Lipinski definition) is 1. The van der Waals surface area contributed by atoms with E-state index in [0.29, 0.717) is 12.5 Å². The SMILES string of the molecule is CC(C)NC(N)=NCCc1c[nH]c2cc(F)ccc12.I. The molecule has 110 valence electrons. The van der Waals surface area contributed by atoms with Crippen LogP contribution in [0.15, 0.2) is 29.4 Å². The van der Waals surface area contributed by atoms with E-state index in [0.717, 1.165) is 22.9 Å². The van der Waals surface area contributed by atoms with Gasteiger partial charge in [0.15, 0.2) is 5.96 Å². The number of benzene rings is 1. The number of aromatic amines is 1. The van der Waals surface area contributed by atoms with Crippen LogP contribution in [-0.4, -0.2) is 23.5 Å². The summed E-state index contributed by atoms with van der Waals surface area (Å²) in [7, 11) is 0. The van der Waals surface area contributed by atoms with Crippen molar-refractivity contribution in [3.05, 3.63) is 35.8 Å². The van der Waals surface area contributed by atoms with Crippen molar-refractivity contribution < 1.29 is 4.39 Å². The molecule has 4 nitrogen and oxygen atoms in total. The molecule has 0 radical (unpaired) electrons. The average Bonchev–Trinajstić information content (AvgIpc) is 2.70. The number of nitrogens with two attached hydrogens (primary N) is 1. The van der Waals surface area contributed by atoms with Gasteiger partial charge in [-0.1, -0.05) is 0 Å². The molecule has 20 heavy (non-hydrogen) atoms. The van der Waals surface area contributed by atoms with Crippen molar-refractivity contribution in [2.75, 3.05) is 6.54 Å². The highest BCUT2D eigenvalue weighted by Crippen LogP contribution is 2.19. The second-order valence-electron chi connectivity index (χ2n) is 4.82. The molecule has 2 rings (SSSR count). The Hall–Kier alpha value is -1.31. The molecule has 0 atom stereocenters. The number of nitrogens with one attached hydrogen (secondary N) is 2. The number of fused-ring (bicyclic) bond motifs is 1. The fraction of sp³-hybridized carbons (Fsp3) is 0.357. The number of hydrogen-bond donors (Lipinski definition) is 3. The van der Waals surface area contributed by atoms with Crippen molar-refractivity contribution in [3.63, 3.8) is 0 Å². The number of nitrogens with zero attached hydrogens (tertiary/aromatic N) is 1. The van der Waals surface area contributed by atoms with E-state index in [1.54, 1.807) is 6.07 Å². The highest BCUT2D eigenvalue weighted by Gasteiger charge is 2.04. The van der Waals surface area contributed by atoms with Crippen LogP contribution < -0.4 is 11.1 Å². The van der Waals surface area contributed by atoms with Gasteiger partial charge in [-0.05, 0) is 44.0 Å². The number of aliphatic imine (C=N–C) groups is 1. The third-order valence-corrected chi connectivity index (χ3v) is 2.83. The summed E-state index contributed by atoms with van der Waals surface area (Å²) >= 11 is 0. The summed E-state index contributed by atoms with van der Waals surface area (Å²) in [4.78, 5) is 7.32. The van der Waals surface area contributed by atoms with Crippen LogP contribution in [0.4, 0.5) is 4.39 Å². The summed E-state index contributed by atoms with van der Waals surface area (Å²) in [5.41, 5.74) is 7.66. The fourth-order valence-corrected chi connectivity index (χ4v) is 2.00. The normalized spacial score (nSPS) is 11.7. The molecular weight excluding hydrogens is 370 g/mol. The molecule has 0 bridgehead atoms. The van der Waals surface area contributed by atoms with E-state index < -0.39 is 0 Å². The van der Waals surface area contributed by atoms with Gasteiger partial charge in [-0.25, -0.2) is 4.39 Å². The average molecular weight is 390 g/mol. The van der Waals surface area contributed by atoms with Crippen LogP contribution in [-0.2, 0) is 6.42 Å². The second kappa shape index (κ2) is 7.47. The monoisotopic (exact) mass is 390 g/mol. The van der Waals surface area contributed by atoms with Crippen LogP contribution in [0.1, 0.15) is 19.4 Å². The van der Waals surface area contributed by atoms with Gasteiger partial charge in [0.2, 0.25) is 0 Å². The molecule has 0 aliphatic carbocycles. The van der Waals surface area contributed by atoms with Crippen LogP contribution in [0.2, 0.25) is 0 Å². The van der Waals surface area contributed by atoms with Crippen molar-refractivity contribution in [1.82, 2.24) is 10.3 Å². The van der Waals surface area contributed by atoms with Gasteiger partial charge in [0, 0.05) is 29.7 Å². The van der Waals surface area contributed by atoms with E-state index in [1.165, 1.54) is 12.1 Å². The summed E-state index contributed by atoms with van der Waals surface area (Å²) in [6, 6.07) is 5.03. The molecule has 0 fully saturated rings. The van der Waals surface area contributed by atoms with Crippen LogP contribution in [0.3, 0.4) is 0 Å². The summed E-state index contributed by atoms with van der Waals surface area (Å²) in [5.74, 6) is 0.227. The zero-order valence-electron chi connectivity index (χ0n) is 11.6. The van der Waals surface area contributed by atoms with Gasteiger partial charge in [-0.3, -0.25) is 4.99 Å². The first-order valence-corrected chi connectivity index (χ1v) is 6.38. The van der Waals surface area contributed by atoms with Crippen molar-refractivity contribution in [3.8, 4) is 0 Å². The lowest BCUT2D eigenvalue weighted by molar-refractivity contribution is 0.629. The fourth-order valence-electron chi connectivity index (χ4n) is 2.00. The van der Waals surface area contributed by atoms with Gasteiger partial charge in [0.1, 0.15) is 5.82 Å². The highest BCUT2D eigenvalue weighted by molar-refractivity contribution is 14.0. The molecular formula is C14H20FIN4. The van der Waals surface area contributed by atoms with Crippen molar-refractivity contribution in [2.45, 2.75) is 26.3 Å². The Bertz CT molecular complexity index is 592. The van der Waals surface area contributed by atoms with Gasteiger partial charge in [0.25, 0.3) is 0 Å². The Morgan fingerprint density at radius 2 is 2.20 bits per heavy atom. The summed E-state index contributed by atoms with van der Waals surface area (Å²) in [6.07, 6.45) is 2.66. The van der Waals surface area contributed by atoms with Gasteiger partial charge >= 0.3 is 0 Å². The Morgan fingerprint density at radius 3 is 2.90 bits per heavy atom. The second-order valence-corrected chi connectivity index (χ2v) is 4.82. The van der Waals surface area contributed by atoms with E-state index >= 15 is 0 Å². The molecule has 1 aromatic carbocycles. The first kappa shape index (κ1) is 16.7. The molecule has 0 saturated carbocycles. The molecule has 1 heterocycles. The standard InChI is InChI=1S/C14H19FN4.HI/c1-9(2)19-14(16)17-6-5-10-8-18-13-7-11(15)3-4-12(10)13;/h3-4,7-9,18H,5-6H2,1-2H3,(H3,16,17,19);1H. The lowest BCUT2D eigenvalue weighted by Gasteiger charge is -2.08. The predicted molar refractivity (Wildman–Crippen MR) is 92.1 cm³/mol. The highest BCUT2D eigenvalue weighted by atomic mass is 127. The molecule has 0 aliphatic rings. The zero-order chi connectivity index (χ0) is 13.8. The van der Waals surface area contributed by atoms with Gasteiger partial charge in [-0.2, -0.15) is 0 Å². The largest absolute Gasteiger partial charge is 0.370 e. The maximum Gasteiger partial charge on any atom is 0.188 e. The number of halogens is 2. The number of guanidine groups is 1. The predicted octanol–water partition coefficient (Wildman–Crippen LogP) is 2.78. The van der Waals surface area contributed by atoms with Gasteiger partial charge in [-0.15, -0.1) is 24.0 Å². The summed E-state index contributed by atoms with van der Waals surface area (Å²) < 4.78 is 13.1. The van der Waals surface area contributed by atoms with Crippen LogP contribution in [0.25, 0.3) is 10.9 Å². The third kappa shape index (κ3) is 4.36. The van der Waals surface area contributed by atoms with Crippen LogP contribution in [0.5, 0.6) is 0 Å². The van der Waals surface area contributed by atoms with E-state index in [1.807, 2.05) is 20.0 Å². The molecule has 0 aliphatic heterocycles. The quantitative estimate of drug-likeness (QED) is 0.427. The molecule has 0 saturated heterocycles. The van der Waals surface area contributed by atoms with E-state index in [2.05, 4.69) is 15.3 Å². The maximum absolute atomic E-state index is 13.1. The molecule has 0 amide bonds. The minimum Gasteiger partial charge on any atom is -0.370 e. The number of rotatable bonds is 4. The lowest BCUT2D eigenvalue weighted by Crippen LogP contribution is -2.36. The molecule has 4 N–H and O–H groups in total. The topological polar surface area (TPSA) is 66.2 Å². The smallest absolute Gasteiger partial charge is 0.188 e. The van der Waals surface area contributed by atoms with E-state index in [-0.39, 0.29) is 35.8 Å². The maximum atomic E-state index is 13.1. The minimum absolute atomic E-state index is 0. The number of H-pyrrole nitrogens is 1. The summed E-state index contributed by atoms with van der Waals surface area (Å²) in [5, 5.41) is 4.07. The molecule has 6 heteroatoms. The van der Waals surface area contributed by atoms with Crippen molar-refractivity contribution >= 4 is 40.8 Å². The Morgan fingerprint density at radius 1 is 1.45 bits per heavy atom. The van der Waals surface area contributed by atoms with E-state index in [9.17, 15) is 4.39 Å². The first-order chi connectivity index (χ1) is 9.06. The third-order valence-electron chi connectivity index (χ3n) is 2.83. The molecule has 2 aromatic rings. The lowest BCUT2D eigenvalue weighted by atomic mass is 10.1. The van der Waals surface area contributed by atoms with Crippen LogP contribution >= 0.6 is 24.0 Å². The number of aromatic nitrogens is 1. The van der Waals surface area contributed by atoms with Crippen molar-refractivity contribution in [2.24, 2.45) is 10.7 Å². The van der Waals surface area contributed by atoms with Gasteiger partial charge in [0.05, 0.1) is 0 Å². The Labute approximate surface area is 135 Å². The Kier molecular flexibility index (Phi) is 6.25. The minimum atomic E-state index is -0.232. The first-order valence-electron chi connectivity index (χ1n) is 6.38. The van der Waals surface area contributed by atoms with Crippen molar-refractivity contribution in [1.29, 1.82) is 0 Å². The molecule has 0 spiro atoms. The molecule has 0 unspecified atom stereocenters. The van der Waals surface area contributed by atoms with Gasteiger partial charge < -0.3 is 16.0 Å². The van der Waals surface area contributed by atoms with Crippen LogP contribution in [0, 0.1) is 5.82 Å². The Balaban J connectivity index is 0.00000200. The molecule has 1 aromatic heterocycles. The zero-order valence-corrected chi connectivity index (χ0v) is 13.9. The summed E-state index contributed by atoms with van der Waals surface area (Å²) in [6.45, 7) is 4.63. The van der Waals surface area contributed by atoms with E-state index in [4.69, 9.17) is 5.73 Å².